The monoisotopic (exact) mass is 588 g/mol. The van der Waals surface area contributed by atoms with Crippen LogP contribution < -0.4 is 20.3 Å². The summed E-state index contributed by atoms with van der Waals surface area (Å²) in [4.78, 5) is 39.7. The van der Waals surface area contributed by atoms with Gasteiger partial charge in [0.05, 0.1) is 18.1 Å². The van der Waals surface area contributed by atoms with Crippen molar-refractivity contribution < 1.29 is 19.1 Å². The van der Waals surface area contributed by atoms with Crippen molar-refractivity contribution in [1.82, 2.24) is 35.4 Å². The normalized spacial score (nSPS) is 11.3. The number of fused-ring (bicyclic) bond motifs is 1. The fourth-order valence-electron chi connectivity index (χ4n) is 4.24. The van der Waals surface area contributed by atoms with Crippen LogP contribution in [0.2, 0.25) is 0 Å². The van der Waals surface area contributed by atoms with Crippen molar-refractivity contribution >= 4 is 28.9 Å². The van der Waals surface area contributed by atoms with E-state index in [9.17, 15) is 9.59 Å². The van der Waals surface area contributed by atoms with Crippen molar-refractivity contribution in [3.63, 3.8) is 0 Å². The van der Waals surface area contributed by atoms with Crippen molar-refractivity contribution in [2.75, 3.05) is 31.6 Å². The molecule has 0 unspecified atom stereocenters. The van der Waals surface area contributed by atoms with E-state index in [-0.39, 0.29) is 5.91 Å². The average molecular weight is 589 g/mol. The largest absolute Gasteiger partial charge is 0.492 e. The zero-order valence-electron chi connectivity index (χ0n) is 25.5. The van der Waals surface area contributed by atoms with E-state index in [0.717, 1.165) is 33.7 Å². The van der Waals surface area contributed by atoms with E-state index in [1.807, 2.05) is 60.0 Å². The summed E-state index contributed by atoms with van der Waals surface area (Å²) in [5.74, 6) is 2.03. The Labute approximate surface area is 251 Å². The second-order valence-electron chi connectivity index (χ2n) is 11.0. The number of aromatic nitrogens is 5. The van der Waals surface area contributed by atoms with E-state index in [4.69, 9.17) is 19.4 Å². The van der Waals surface area contributed by atoms with Crippen LogP contribution in [0.3, 0.4) is 0 Å². The maximum atomic E-state index is 12.2. The number of anilines is 1. The first-order valence-electron chi connectivity index (χ1n) is 14.4. The molecule has 0 aliphatic carbocycles. The zero-order chi connectivity index (χ0) is 30.8. The minimum Gasteiger partial charge on any atom is -0.492 e. The Morgan fingerprint density at radius 3 is 2.53 bits per heavy atom. The fourth-order valence-corrected chi connectivity index (χ4v) is 4.24. The van der Waals surface area contributed by atoms with Crippen LogP contribution in [0.5, 0.6) is 5.75 Å². The Hall–Kier alpha value is -4.74. The van der Waals surface area contributed by atoms with E-state index in [2.05, 4.69) is 20.7 Å². The molecule has 0 atom stereocenters. The van der Waals surface area contributed by atoms with E-state index < -0.39 is 11.7 Å². The molecule has 0 spiro atoms. The summed E-state index contributed by atoms with van der Waals surface area (Å²) >= 11 is 0. The lowest BCUT2D eigenvalue weighted by Crippen LogP contribution is -2.33. The number of amides is 2. The lowest BCUT2D eigenvalue weighted by atomic mass is 10.2. The first kappa shape index (κ1) is 31.2. The Morgan fingerprint density at radius 1 is 1.05 bits per heavy atom. The lowest BCUT2D eigenvalue weighted by molar-refractivity contribution is -0.121. The zero-order valence-corrected chi connectivity index (χ0v) is 25.5. The van der Waals surface area contributed by atoms with Crippen LogP contribution in [0, 0.1) is 0 Å². The Balaban J connectivity index is 1.24. The van der Waals surface area contributed by atoms with Gasteiger partial charge in [-0.1, -0.05) is 12.1 Å². The maximum Gasteiger partial charge on any atom is 0.407 e. The standard InChI is InChI=1S/C31H40N8O4/c1-6-39-29-25(21-35-39)28(36-27(37-29)23-9-7-15-32-20-23)38(5)17-18-42-24-13-11-22(12-14-24)19-34-26(40)10-8-16-33-30(41)43-31(2,3)4/h7,9,11-15,20-21H,6,8,10,16-19H2,1-5H3,(H,33,41)(H,34,40). The van der Waals surface area contributed by atoms with Crippen LogP contribution in [-0.2, 0) is 22.6 Å². The van der Waals surface area contributed by atoms with Crippen molar-refractivity contribution in [3.8, 4) is 17.1 Å². The van der Waals surface area contributed by atoms with Crippen LogP contribution in [0.4, 0.5) is 10.6 Å². The first-order valence-corrected chi connectivity index (χ1v) is 14.4. The average Bonchev–Trinajstić information content (AvgIpc) is 3.41. The number of rotatable bonds is 13. The second kappa shape index (κ2) is 14.4. The van der Waals surface area contributed by atoms with Crippen molar-refractivity contribution in [1.29, 1.82) is 0 Å². The quantitative estimate of drug-likeness (QED) is 0.219. The van der Waals surface area contributed by atoms with Gasteiger partial charge in [0.2, 0.25) is 5.91 Å². The summed E-state index contributed by atoms with van der Waals surface area (Å²) < 4.78 is 13.0. The molecule has 0 radical (unpaired) electrons. The Morgan fingerprint density at radius 2 is 1.84 bits per heavy atom. The molecule has 2 N–H and O–H groups in total. The molecule has 4 aromatic rings. The van der Waals surface area contributed by atoms with E-state index in [0.29, 0.717) is 51.5 Å². The number of pyridine rings is 1. The first-order chi connectivity index (χ1) is 20.6. The molecule has 12 nitrogen and oxygen atoms in total. The summed E-state index contributed by atoms with van der Waals surface area (Å²) in [6, 6.07) is 11.4. The van der Waals surface area contributed by atoms with Crippen molar-refractivity contribution in [2.45, 2.75) is 59.2 Å². The lowest BCUT2D eigenvalue weighted by Gasteiger charge is -2.20. The number of nitrogens with zero attached hydrogens (tertiary/aromatic N) is 6. The van der Waals surface area contributed by atoms with Gasteiger partial charge < -0.3 is 25.0 Å². The van der Waals surface area contributed by atoms with Crippen molar-refractivity contribution in [2.24, 2.45) is 0 Å². The van der Waals surface area contributed by atoms with Crippen LogP contribution in [-0.4, -0.2) is 69.1 Å². The highest BCUT2D eigenvalue weighted by molar-refractivity contribution is 5.88. The maximum absolute atomic E-state index is 12.2. The molecule has 0 saturated heterocycles. The number of hydrogen-bond acceptors (Lipinski definition) is 9. The molecule has 3 heterocycles. The molecule has 0 bridgehead atoms. The highest BCUT2D eigenvalue weighted by Gasteiger charge is 2.17. The number of carbonyl (C=O) groups excluding carboxylic acids is 2. The number of alkyl carbamates (subject to hydrolysis) is 1. The van der Waals surface area contributed by atoms with Crippen LogP contribution in [0.15, 0.2) is 55.0 Å². The number of hydrogen-bond donors (Lipinski definition) is 2. The molecule has 3 aromatic heterocycles. The van der Waals surface area contributed by atoms with Crippen LogP contribution in [0.25, 0.3) is 22.4 Å². The topological polar surface area (TPSA) is 136 Å². The summed E-state index contributed by atoms with van der Waals surface area (Å²) in [6.07, 6.45) is 5.64. The Bertz CT molecular complexity index is 1500. The third-order valence-corrected chi connectivity index (χ3v) is 6.41. The minimum atomic E-state index is -0.547. The number of carbonyl (C=O) groups is 2. The predicted molar refractivity (Wildman–Crippen MR) is 165 cm³/mol. The molecule has 4 rings (SSSR count). The highest BCUT2D eigenvalue weighted by atomic mass is 16.6. The molecule has 1 aromatic carbocycles. The number of benzene rings is 1. The number of ether oxygens (including phenoxy) is 2. The molecule has 43 heavy (non-hydrogen) atoms. The van der Waals surface area contributed by atoms with Crippen LogP contribution >= 0.6 is 0 Å². The fraction of sp³-hybridized carbons (Fsp3) is 0.419. The van der Waals surface area contributed by atoms with Gasteiger partial charge in [-0.15, -0.1) is 0 Å². The third kappa shape index (κ3) is 9.12. The molecule has 0 aliphatic heterocycles. The number of aryl methyl sites for hydroxylation is 1. The van der Waals surface area contributed by atoms with Gasteiger partial charge in [-0.25, -0.2) is 19.4 Å². The molecular formula is C31H40N8O4. The van der Waals surface area contributed by atoms with E-state index in [1.165, 1.54) is 0 Å². The molecule has 2 amide bonds. The van der Waals surface area contributed by atoms with E-state index >= 15 is 0 Å². The summed E-state index contributed by atoms with van der Waals surface area (Å²) in [5.41, 5.74) is 2.03. The molecule has 228 valence electrons. The predicted octanol–water partition coefficient (Wildman–Crippen LogP) is 4.34. The van der Waals surface area contributed by atoms with Gasteiger partial charge >= 0.3 is 6.09 Å². The second-order valence-corrected chi connectivity index (χ2v) is 11.0. The Kier molecular flexibility index (Phi) is 10.5. The summed E-state index contributed by atoms with van der Waals surface area (Å²) in [6.45, 7) is 9.97. The SMILES string of the molecule is CCn1ncc2c(N(C)CCOc3ccc(CNC(=O)CCCNC(=O)OC(C)(C)C)cc3)nc(-c3cccnc3)nc21. The van der Waals surface area contributed by atoms with Gasteiger partial charge in [0.15, 0.2) is 11.5 Å². The highest BCUT2D eigenvalue weighted by Crippen LogP contribution is 2.27. The molecule has 0 aliphatic rings. The minimum absolute atomic E-state index is 0.0793. The molecule has 12 heteroatoms. The molecular weight excluding hydrogens is 548 g/mol. The van der Waals surface area contributed by atoms with Gasteiger partial charge in [0, 0.05) is 51.1 Å². The van der Waals surface area contributed by atoms with Crippen LogP contribution in [0.1, 0.15) is 46.1 Å². The smallest absolute Gasteiger partial charge is 0.407 e. The van der Waals surface area contributed by atoms with Gasteiger partial charge in [0.25, 0.3) is 0 Å². The van der Waals surface area contributed by atoms with Gasteiger partial charge in [-0.3, -0.25) is 9.78 Å². The summed E-state index contributed by atoms with van der Waals surface area (Å²) in [7, 11) is 1.97. The van der Waals surface area contributed by atoms with Gasteiger partial charge in [-0.2, -0.15) is 5.10 Å². The van der Waals surface area contributed by atoms with Crippen molar-refractivity contribution in [3.05, 3.63) is 60.6 Å². The number of likely N-dealkylation sites (N-methyl/N-ethyl adjacent to an activating group) is 1. The third-order valence-electron chi connectivity index (χ3n) is 6.41. The summed E-state index contributed by atoms with van der Waals surface area (Å²) in [5, 5.41) is 10.9. The van der Waals surface area contributed by atoms with E-state index in [1.54, 1.807) is 39.4 Å². The number of nitrogens with one attached hydrogen (secondary N) is 2. The molecule has 0 fully saturated rings. The van der Waals surface area contributed by atoms with Gasteiger partial charge in [0.1, 0.15) is 23.8 Å². The molecule has 0 saturated carbocycles. The van der Waals surface area contributed by atoms with Gasteiger partial charge in [-0.05, 0) is 63.9 Å².